The largest absolute Gasteiger partial charge is 0.482 e. The van der Waals surface area contributed by atoms with Crippen molar-refractivity contribution in [1.82, 2.24) is 5.32 Å². The number of rotatable bonds is 5. The highest BCUT2D eigenvalue weighted by molar-refractivity contribution is 5.78. The fourth-order valence-corrected chi connectivity index (χ4v) is 1.39. The molecule has 0 aliphatic carbocycles. The quantitative estimate of drug-likeness (QED) is 0.787. The molecule has 0 fully saturated rings. The first-order valence-electron chi connectivity index (χ1n) is 6.19. The number of hydrogen-bond acceptors (Lipinski definition) is 3. The molecule has 4 nitrogen and oxygen atoms in total. The number of nitrogen functional groups attached to an aromatic ring is 1. The van der Waals surface area contributed by atoms with Crippen molar-refractivity contribution in [3.8, 4) is 5.75 Å². The number of aryl methyl sites for hydroxylation is 1. The van der Waals surface area contributed by atoms with Gasteiger partial charge in [-0.05, 0) is 31.4 Å². The summed E-state index contributed by atoms with van der Waals surface area (Å²) >= 11 is 0. The Morgan fingerprint density at radius 2 is 2.06 bits per heavy atom. The average Bonchev–Trinajstić information content (AvgIpc) is 2.31. The molecule has 1 amide bonds. The molecule has 1 atom stereocenters. The molecule has 1 aromatic carbocycles. The predicted octanol–water partition coefficient (Wildman–Crippen LogP) is 2.12. The molecule has 1 rings (SSSR count). The minimum Gasteiger partial charge on any atom is -0.482 e. The summed E-state index contributed by atoms with van der Waals surface area (Å²) in [6.07, 6.45) is 0. The molecular formula is C14H22N2O2. The van der Waals surface area contributed by atoms with Gasteiger partial charge in [0.1, 0.15) is 5.75 Å². The molecule has 1 aromatic rings. The number of carbonyl (C=O) groups is 1. The number of ether oxygens (including phenoxy) is 1. The van der Waals surface area contributed by atoms with Gasteiger partial charge < -0.3 is 15.8 Å². The molecule has 3 N–H and O–H groups in total. The average molecular weight is 250 g/mol. The predicted molar refractivity (Wildman–Crippen MR) is 73.5 cm³/mol. The van der Waals surface area contributed by atoms with E-state index in [2.05, 4.69) is 19.2 Å². The van der Waals surface area contributed by atoms with Crippen LogP contribution in [-0.2, 0) is 4.79 Å². The number of para-hydroxylation sites is 1. The Morgan fingerprint density at radius 1 is 1.39 bits per heavy atom. The summed E-state index contributed by atoms with van der Waals surface area (Å²) in [5, 5.41) is 2.88. The van der Waals surface area contributed by atoms with Crippen molar-refractivity contribution in [3.63, 3.8) is 0 Å². The van der Waals surface area contributed by atoms with E-state index < -0.39 is 0 Å². The Bertz CT molecular complexity index is 416. The van der Waals surface area contributed by atoms with Crippen molar-refractivity contribution >= 4 is 11.6 Å². The molecule has 1 unspecified atom stereocenters. The van der Waals surface area contributed by atoms with E-state index in [0.29, 0.717) is 17.4 Å². The highest BCUT2D eigenvalue weighted by Gasteiger charge is 2.11. The lowest BCUT2D eigenvalue weighted by molar-refractivity contribution is -0.123. The summed E-state index contributed by atoms with van der Waals surface area (Å²) in [4.78, 5) is 11.7. The number of carbonyl (C=O) groups excluding carboxylic acids is 1. The van der Waals surface area contributed by atoms with E-state index in [9.17, 15) is 4.79 Å². The standard InChI is InChI=1S/C14H22N2O2/c1-9(2)11(4)16-13(17)8-18-12-7-5-6-10(3)14(12)15/h5-7,9,11H,8,15H2,1-4H3,(H,16,17). The second-order valence-electron chi connectivity index (χ2n) is 4.88. The Hall–Kier alpha value is -1.71. The first-order valence-corrected chi connectivity index (χ1v) is 6.19. The monoisotopic (exact) mass is 250 g/mol. The number of hydrogen-bond donors (Lipinski definition) is 2. The molecule has 18 heavy (non-hydrogen) atoms. The van der Waals surface area contributed by atoms with Gasteiger partial charge in [-0.2, -0.15) is 0 Å². The van der Waals surface area contributed by atoms with Crippen LogP contribution in [-0.4, -0.2) is 18.6 Å². The van der Waals surface area contributed by atoms with Crippen molar-refractivity contribution in [2.24, 2.45) is 5.92 Å². The molecule has 0 bridgehead atoms. The number of amides is 1. The van der Waals surface area contributed by atoms with E-state index in [-0.39, 0.29) is 18.6 Å². The highest BCUT2D eigenvalue weighted by atomic mass is 16.5. The van der Waals surface area contributed by atoms with Crippen LogP contribution in [0.5, 0.6) is 5.75 Å². The SMILES string of the molecule is Cc1cccc(OCC(=O)NC(C)C(C)C)c1N. The van der Waals surface area contributed by atoms with Gasteiger partial charge in [0.05, 0.1) is 5.69 Å². The van der Waals surface area contributed by atoms with Gasteiger partial charge in [0.25, 0.3) is 5.91 Å². The third kappa shape index (κ3) is 3.95. The molecule has 0 aliphatic rings. The minimum absolute atomic E-state index is 0.00921. The third-order valence-corrected chi connectivity index (χ3v) is 3.03. The fraction of sp³-hybridized carbons (Fsp3) is 0.500. The van der Waals surface area contributed by atoms with Crippen molar-refractivity contribution in [2.75, 3.05) is 12.3 Å². The number of benzene rings is 1. The molecular weight excluding hydrogens is 228 g/mol. The van der Waals surface area contributed by atoms with Gasteiger partial charge in [0.15, 0.2) is 6.61 Å². The lowest BCUT2D eigenvalue weighted by Gasteiger charge is -2.18. The molecule has 0 aromatic heterocycles. The van der Waals surface area contributed by atoms with Crippen LogP contribution in [0.15, 0.2) is 18.2 Å². The molecule has 0 spiro atoms. The van der Waals surface area contributed by atoms with Crippen LogP contribution < -0.4 is 15.8 Å². The number of nitrogens with one attached hydrogen (secondary N) is 1. The lowest BCUT2D eigenvalue weighted by atomic mass is 10.1. The maximum absolute atomic E-state index is 11.7. The topological polar surface area (TPSA) is 64.3 Å². The van der Waals surface area contributed by atoms with Crippen LogP contribution in [0.3, 0.4) is 0 Å². The second kappa shape index (κ2) is 6.28. The van der Waals surface area contributed by atoms with Crippen molar-refractivity contribution < 1.29 is 9.53 Å². The summed E-state index contributed by atoms with van der Waals surface area (Å²) in [6.45, 7) is 7.99. The lowest BCUT2D eigenvalue weighted by Crippen LogP contribution is -2.39. The maximum atomic E-state index is 11.7. The van der Waals surface area contributed by atoms with Crippen molar-refractivity contribution in [2.45, 2.75) is 33.7 Å². The highest BCUT2D eigenvalue weighted by Crippen LogP contribution is 2.24. The van der Waals surface area contributed by atoms with Crippen LogP contribution in [0.1, 0.15) is 26.3 Å². The van der Waals surface area contributed by atoms with Gasteiger partial charge in [-0.1, -0.05) is 26.0 Å². The van der Waals surface area contributed by atoms with Gasteiger partial charge in [-0.3, -0.25) is 4.79 Å². The fourth-order valence-electron chi connectivity index (χ4n) is 1.39. The Kier molecular flexibility index (Phi) is 5.01. The normalized spacial score (nSPS) is 12.3. The number of anilines is 1. The van der Waals surface area contributed by atoms with Crippen LogP contribution in [0.4, 0.5) is 5.69 Å². The van der Waals surface area contributed by atoms with Crippen molar-refractivity contribution in [3.05, 3.63) is 23.8 Å². The first-order chi connectivity index (χ1) is 8.41. The summed E-state index contributed by atoms with van der Waals surface area (Å²) in [7, 11) is 0. The van der Waals surface area contributed by atoms with Crippen LogP contribution in [0.25, 0.3) is 0 Å². The van der Waals surface area contributed by atoms with E-state index in [4.69, 9.17) is 10.5 Å². The van der Waals surface area contributed by atoms with Gasteiger partial charge in [-0.25, -0.2) is 0 Å². The molecule has 0 saturated heterocycles. The maximum Gasteiger partial charge on any atom is 0.258 e. The first kappa shape index (κ1) is 14.4. The van der Waals surface area contributed by atoms with Gasteiger partial charge in [0, 0.05) is 6.04 Å². The van der Waals surface area contributed by atoms with E-state index in [1.165, 1.54) is 0 Å². The Labute approximate surface area is 109 Å². The Morgan fingerprint density at radius 3 is 2.67 bits per heavy atom. The van der Waals surface area contributed by atoms with E-state index in [0.717, 1.165) is 5.56 Å². The zero-order valence-electron chi connectivity index (χ0n) is 11.5. The summed E-state index contributed by atoms with van der Waals surface area (Å²) in [6, 6.07) is 5.66. The summed E-state index contributed by atoms with van der Waals surface area (Å²) < 4.78 is 5.42. The third-order valence-electron chi connectivity index (χ3n) is 3.03. The van der Waals surface area contributed by atoms with Crippen LogP contribution >= 0.6 is 0 Å². The van der Waals surface area contributed by atoms with Crippen molar-refractivity contribution in [1.29, 1.82) is 0 Å². The molecule has 0 heterocycles. The molecule has 100 valence electrons. The van der Waals surface area contributed by atoms with Gasteiger partial charge in [0.2, 0.25) is 0 Å². The summed E-state index contributed by atoms with van der Waals surface area (Å²) in [5.41, 5.74) is 7.39. The van der Waals surface area contributed by atoms with Gasteiger partial charge >= 0.3 is 0 Å². The molecule has 4 heteroatoms. The molecule has 0 radical (unpaired) electrons. The smallest absolute Gasteiger partial charge is 0.258 e. The van der Waals surface area contributed by atoms with E-state index >= 15 is 0 Å². The molecule has 0 saturated carbocycles. The van der Waals surface area contributed by atoms with Gasteiger partial charge in [-0.15, -0.1) is 0 Å². The zero-order chi connectivity index (χ0) is 13.7. The molecule has 0 aliphatic heterocycles. The van der Waals surface area contributed by atoms with E-state index in [1.54, 1.807) is 6.07 Å². The second-order valence-corrected chi connectivity index (χ2v) is 4.88. The minimum atomic E-state index is -0.128. The Balaban J connectivity index is 2.50. The zero-order valence-corrected chi connectivity index (χ0v) is 11.5. The van der Waals surface area contributed by atoms with Crippen LogP contribution in [0.2, 0.25) is 0 Å². The summed E-state index contributed by atoms with van der Waals surface area (Å²) in [5.74, 6) is 0.831. The van der Waals surface area contributed by atoms with Crippen LogP contribution in [0, 0.1) is 12.8 Å². The van der Waals surface area contributed by atoms with E-state index in [1.807, 2.05) is 26.0 Å². The number of nitrogens with two attached hydrogens (primary N) is 1.